The van der Waals surface area contributed by atoms with Crippen molar-refractivity contribution in [2.75, 3.05) is 50.4 Å². The van der Waals surface area contributed by atoms with Gasteiger partial charge < -0.3 is 40.4 Å². The summed E-state index contributed by atoms with van der Waals surface area (Å²) in [6.45, 7) is -0.0485. The quantitative estimate of drug-likeness (QED) is 0.0322. The Morgan fingerprint density at radius 3 is 1.39 bits per heavy atom. The fourth-order valence-electron chi connectivity index (χ4n) is 8.01. The second-order valence-corrected chi connectivity index (χ2v) is 14.6. The predicted octanol–water partition coefficient (Wildman–Crippen LogP) is 8.54. The minimum absolute atomic E-state index is 0.0649. The Kier molecular flexibility index (Phi) is 12.4. The number of aromatic nitrogens is 4. The zero-order valence-corrected chi connectivity index (χ0v) is 34.8. The van der Waals surface area contributed by atoms with E-state index in [-0.39, 0.29) is 30.8 Å². The first kappa shape index (κ1) is 41.5. The van der Waals surface area contributed by atoms with Gasteiger partial charge in [-0.3, -0.25) is 0 Å². The molecule has 0 aliphatic carbocycles. The first-order valence-electron chi connectivity index (χ1n) is 20.4. The second-order valence-electron chi connectivity index (χ2n) is 14.6. The summed E-state index contributed by atoms with van der Waals surface area (Å²) in [4.78, 5) is 15.3. The third kappa shape index (κ3) is 7.90. The van der Waals surface area contributed by atoms with Gasteiger partial charge in [0.15, 0.2) is 17.0 Å². The smallest absolute Gasteiger partial charge is 0.245 e. The van der Waals surface area contributed by atoms with Crippen molar-refractivity contribution < 1.29 is 24.4 Å². The third-order valence-electron chi connectivity index (χ3n) is 11.0. The van der Waals surface area contributed by atoms with Crippen LogP contribution in [0.4, 0.5) is 17.7 Å². The number of methoxy groups -OCH3 is 2. The highest BCUT2D eigenvalue weighted by atomic mass is 16.6. The van der Waals surface area contributed by atoms with Crippen molar-refractivity contribution in [1.82, 2.24) is 19.5 Å². The number of anilines is 3. The molecule has 0 saturated heterocycles. The Labute approximate surface area is 360 Å². The molecule has 0 fully saturated rings. The van der Waals surface area contributed by atoms with E-state index in [4.69, 9.17) is 29.2 Å². The van der Waals surface area contributed by atoms with Gasteiger partial charge in [0.2, 0.25) is 18.3 Å². The van der Waals surface area contributed by atoms with Crippen LogP contribution in [0.1, 0.15) is 46.2 Å². The zero-order valence-electron chi connectivity index (χ0n) is 34.8. The lowest BCUT2D eigenvalue weighted by Crippen LogP contribution is -2.39. The van der Waals surface area contributed by atoms with E-state index < -0.39 is 17.5 Å². The summed E-state index contributed by atoms with van der Waals surface area (Å²) in [6.07, 6.45) is -1.28. The topological polar surface area (TPSA) is 148 Å². The van der Waals surface area contributed by atoms with Crippen LogP contribution in [-0.2, 0) is 15.8 Å². The molecule has 12 heteroatoms. The Hall–Kier alpha value is -7.25. The molecule has 1 atom stereocenters. The highest BCUT2D eigenvalue weighted by molar-refractivity contribution is 5.88. The molecular formula is C50H49N7O5. The van der Waals surface area contributed by atoms with Crippen molar-refractivity contribution in [3.8, 4) is 11.5 Å². The molecule has 0 amide bonds. The van der Waals surface area contributed by atoms with Crippen molar-refractivity contribution in [3.05, 3.63) is 203 Å². The van der Waals surface area contributed by atoms with Gasteiger partial charge in [0, 0.05) is 13.7 Å². The average Bonchev–Trinajstić information content (AvgIpc) is 3.71. The Balaban J connectivity index is 1.42. The SMILES string of the molecule is CNc1nc(NC(c2ccccc2)(c2ccccc2)c2ccc(OC)cc2)c2nc(NC(c3ccccc3)(c3ccccc3)c3ccc(OC)cc3)n(C(O)OCCCO)c2n1. The van der Waals surface area contributed by atoms with E-state index in [0.29, 0.717) is 29.3 Å². The van der Waals surface area contributed by atoms with Gasteiger partial charge >= 0.3 is 0 Å². The van der Waals surface area contributed by atoms with Crippen LogP contribution in [0.5, 0.6) is 11.5 Å². The van der Waals surface area contributed by atoms with Gasteiger partial charge in [-0.15, -0.1) is 0 Å². The van der Waals surface area contributed by atoms with E-state index in [1.807, 2.05) is 121 Å². The molecule has 0 bridgehead atoms. The fraction of sp³-hybridized carbons (Fsp3) is 0.180. The number of benzene rings is 6. The van der Waals surface area contributed by atoms with Gasteiger partial charge in [0.1, 0.15) is 22.6 Å². The molecule has 0 saturated carbocycles. The first-order valence-corrected chi connectivity index (χ1v) is 20.4. The van der Waals surface area contributed by atoms with Crippen LogP contribution in [0.3, 0.4) is 0 Å². The summed E-state index contributed by atoms with van der Waals surface area (Å²) in [5.74, 6) is 2.30. The molecule has 0 aliphatic heterocycles. The number of nitrogens with one attached hydrogen (secondary N) is 3. The number of imidazole rings is 1. The van der Waals surface area contributed by atoms with Crippen LogP contribution in [0.2, 0.25) is 0 Å². The van der Waals surface area contributed by atoms with Gasteiger partial charge in [-0.25, -0.2) is 9.55 Å². The van der Waals surface area contributed by atoms with E-state index in [9.17, 15) is 10.2 Å². The number of ether oxygens (including phenoxy) is 3. The second kappa shape index (κ2) is 18.6. The van der Waals surface area contributed by atoms with Gasteiger partial charge in [-0.2, -0.15) is 9.97 Å². The largest absolute Gasteiger partial charge is 0.497 e. The number of aliphatic hydroxyl groups excluding tert-OH is 2. The van der Waals surface area contributed by atoms with Crippen molar-refractivity contribution in [2.24, 2.45) is 0 Å². The minimum Gasteiger partial charge on any atom is -0.497 e. The molecule has 0 spiro atoms. The number of hydrogen-bond acceptors (Lipinski definition) is 11. The van der Waals surface area contributed by atoms with Crippen LogP contribution >= 0.6 is 0 Å². The van der Waals surface area contributed by atoms with Crippen LogP contribution < -0.4 is 25.4 Å². The van der Waals surface area contributed by atoms with Crippen LogP contribution in [0, 0.1) is 0 Å². The molecule has 2 heterocycles. The van der Waals surface area contributed by atoms with Gasteiger partial charge in [-0.1, -0.05) is 146 Å². The zero-order chi connectivity index (χ0) is 42.9. The number of rotatable bonds is 18. The molecule has 2 aromatic heterocycles. The van der Waals surface area contributed by atoms with Gasteiger partial charge in [-0.05, 0) is 64.1 Å². The van der Waals surface area contributed by atoms with Crippen molar-refractivity contribution in [1.29, 1.82) is 0 Å². The maximum absolute atomic E-state index is 12.1. The van der Waals surface area contributed by atoms with E-state index in [1.165, 1.54) is 4.57 Å². The Bertz CT molecular complexity index is 2590. The number of hydrogen-bond donors (Lipinski definition) is 5. The Morgan fingerprint density at radius 2 is 0.984 bits per heavy atom. The molecule has 0 radical (unpaired) electrons. The number of aliphatic hydroxyl groups is 2. The van der Waals surface area contributed by atoms with E-state index in [1.54, 1.807) is 21.3 Å². The first-order chi connectivity index (χ1) is 30.4. The lowest BCUT2D eigenvalue weighted by molar-refractivity contribution is -0.151. The highest BCUT2D eigenvalue weighted by Crippen LogP contribution is 2.44. The molecule has 0 aliphatic rings. The lowest BCUT2D eigenvalue weighted by Gasteiger charge is -2.37. The molecular weight excluding hydrogens is 779 g/mol. The maximum Gasteiger partial charge on any atom is 0.245 e. The van der Waals surface area contributed by atoms with E-state index >= 15 is 0 Å². The predicted molar refractivity (Wildman–Crippen MR) is 243 cm³/mol. The van der Waals surface area contributed by atoms with Crippen molar-refractivity contribution in [2.45, 2.75) is 23.9 Å². The molecule has 1 unspecified atom stereocenters. The van der Waals surface area contributed by atoms with Crippen LogP contribution in [0.15, 0.2) is 170 Å². The summed E-state index contributed by atoms with van der Waals surface area (Å²) >= 11 is 0. The molecule has 314 valence electrons. The minimum atomic E-state index is -1.59. The van der Waals surface area contributed by atoms with E-state index in [0.717, 1.165) is 33.4 Å². The summed E-state index contributed by atoms with van der Waals surface area (Å²) in [5.41, 5.74) is 3.96. The summed E-state index contributed by atoms with van der Waals surface area (Å²) in [7, 11) is 5.03. The number of nitrogens with zero attached hydrogens (tertiary/aromatic N) is 4. The average molecular weight is 828 g/mol. The number of fused-ring (bicyclic) bond motifs is 1. The monoisotopic (exact) mass is 827 g/mol. The molecule has 6 aromatic carbocycles. The molecule has 8 rings (SSSR count). The normalized spacial score (nSPS) is 12.1. The van der Waals surface area contributed by atoms with Gasteiger partial charge in [0.25, 0.3) is 0 Å². The van der Waals surface area contributed by atoms with E-state index in [2.05, 4.69) is 64.5 Å². The van der Waals surface area contributed by atoms with Crippen LogP contribution in [0.25, 0.3) is 11.2 Å². The summed E-state index contributed by atoms with van der Waals surface area (Å²) in [5, 5.41) is 32.7. The Morgan fingerprint density at radius 1 is 0.565 bits per heavy atom. The fourth-order valence-corrected chi connectivity index (χ4v) is 8.01. The van der Waals surface area contributed by atoms with Crippen molar-refractivity contribution >= 4 is 28.9 Å². The maximum atomic E-state index is 12.1. The summed E-state index contributed by atoms with van der Waals surface area (Å²) in [6, 6.07) is 56.3. The summed E-state index contributed by atoms with van der Waals surface area (Å²) < 4.78 is 18.8. The van der Waals surface area contributed by atoms with Crippen molar-refractivity contribution in [3.63, 3.8) is 0 Å². The highest BCUT2D eigenvalue weighted by Gasteiger charge is 2.41. The third-order valence-corrected chi connectivity index (χ3v) is 11.0. The molecule has 12 nitrogen and oxygen atoms in total. The lowest BCUT2D eigenvalue weighted by atomic mass is 9.77. The van der Waals surface area contributed by atoms with Crippen LogP contribution in [-0.4, -0.2) is 64.2 Å². The standard InChI is InChI=1S/C50H49N7O5/c1-51-46-53-44(55-49(35-17-8-4-9-18-35,36-19-10-5-11-20-36)39-25-29-41(60-2)30-26-39)43-45(54-46)57(48(59)62-34-16-33-58)47(52-43)56-50(37-21-12-6-13-22-37,38-23-14-7-15-24-38)40-27-31-42(61-3)32-28-40/h4-15,17-32,48,58-59H,16,33-34H2,1-3H3,(H,52,56)(H2,51,53,54,55). The molecule has 8 aromatic rings. The molecule has 62 heavy (non-hydrogen) atoms. The molecule has 5 N–H and O–H groups in total. The van der Waals surface area contributed by atoms with Gasteiger partial charge in [0.05, 0.1) is 20.8 Å².